The van der Waals surface area contributed by atoms with Crippen LogP contribution in [0, 0.1) is 5.92 Å². The Hall–Kier alpha value is -2.43. The third-order valence-electron chi connectivity index (χ3n) is 6.83. The molecule has 160 valence electrons. The third kappa shape index (κ3) is 4.35. The molecular formula is C25H33N3O2. The SMILES string of the molecule is CCc1ccccc1N1CCC(CCC(=O)Cn2nc(C(C)=O)c3c2CCC3)CC1. The summed E-state index contributed by atoms with van der Waals surface area (Å²) in [6.45, 7) is 6.25. The molecule has 0 spiro atoms. The van der Waals surface area contributed by atoms with Gasteiger partial charge in [-0.2, -0.15) is 5.10 Å². The van der Waals surface area contributed by atoms with E-state index in [9.17, 15) is 9.59 Å². The van der Waals surface area contributed by atoms with Crippen LogP contribution in [0.1, 0.15) is 73.3 Å². The number of para-hydroxylation sites is 1. The molecule has 2 aliphatic rings. The minimum atomic E-state index is 0.00996. The van der Waals surface area contributed by atoms with Crippen LogP contribution in [0.15, 0.2) is 24.3 Å². The van der Waals surface area contributed by atoms with Gasteiger partial charge in [-0.3, -0.25) is 14.3 Å². The van der Waals surface area contributed by atoms with Crippen LogP contribution in [0.2, 0.25) is 0 Å². The van der Waals surface area contributed by atoms with E-state index >= 15 is 0 Å². The molecule has 0 saturated carbocycles. The number of anilines is 1. The number of aryl methyl sites for hydroxylation is 1. The van der Waals surface area contributed by atoms with E-state index in [1.54, 1.807) is 6.92 Å². The van der Waals surface area contributed by atoms with Crippen molar-refractivity contribution in [3.63, 3.8) is 0 Å². The highest BCUT2D eigenvalue weighted by atomic mass is 16.1. The fourth-order valence-corrected chi connectivity index (χ4v) is 5.11. The lowest BCUT2D eigenvalue weighted by atomic mass is 9.90. The fraction of sp³-hybridized carbons (Fsp3) is 0.560. The molecule has 5 heteroatoms. The smallest absolute Gasteiger partial charge is 0.180 e. The first-order valence-electron chi connectivity index (χ1n) is 11.5. The summed E-state index contributed by atoms with van der Waals surface area (Å²) in [5.41, 5.74) is 5.56. The second-order valence-corrected chi connectivity index (χ2v) is 8.83. The monoisotopic (exact) mass is 407 g/mol. The van der Waals surface area contributed by atoms with E-state index < -0.39 is 0 Å². The lowest BCUT2D eigenvalue weighted by Crippen LogP contribution is -2.34. The molecule has 0 atom stereocenters. The topological polar surface area (TPSA) is 55.2 Å². The van der Waals surface area contributed by atoms with Crippen LogP contribution >= 0.6 is 0 Å². The van der Waals surface area contributed by atoms with Gasteiger partial charge in [0, 0.05) is 43.4 Å². The van der Waals surface area contributed by atoms with Gasteiger partial charge in [0.05, 0.1) is 6.54 Å². The molecule has 4 rings (SSSR count). The Morgan fingerprint density at radius 2 is 1.90 bits per heavy atom. The zero-order valence-electron chi connectivity index (χ0n) is 18.3. The molecule has 1 aromatic heterocycles. The Kier molecular flexibility index (Phi) is 6.35. The average molecular weight is 408 g/mol. The van der Waals surface area contributed by atoms with Crippen LogP contribution < -0.4 is 4.90 Å². The van der Waals surface area contributed by atoms with Gasteiger partial charge < -0.3 is 4.90 Å². The first-order valence-corrected chi connectivity index (χ1v) is 11.5. The van der Waals surface area contributed by atoms with Crippen molar-refractivity contribution in [3.8, 4) is 0 Å². The molecule has 0 bridgehead atoms. The number of piperidine rings is 1. The predicted molar refractivity (Wildman–Crippen MR) is 119 cm³/mol. The van der Waals surface area contributed by atoms with Crippen molar-refractivity contribution in [2.24, 2.45) is 5.92 Å². The van der Waals surface area contributed by atoms with E-state index in [0.29, 0.717) is 24.6 Å². The van der Waals surface area contributed by atoms with Crippen LogP contribution in [-0.4, -0.2) is 34.4 Å². The molecule has 1 aliphatic carbocycles. The van der Waals surface area contributed by atoms with E-state index in [2.05, 4.69) is 41.2 Å². The number of aromatic nitrogens is 2. The van der Waals surface area contributed by atoms with Gasteiger partial charge in [0.1, 0.15) is 5.69 Å². The molecular weight excluding hydrogens is 374 g/mol. The molecule has 1 fully saturated rings. The highest BCUT2D eigenvalue weighted by molar-refractivity contribution is 5.94. The maximum Gasteiger partial charge on any atom is 0.180 e. The Morgan fingerprint density at radius 1 is 1.13 bits per heavy atom. The van der Waals surface area contributed by atoms with Crippen LogP contribution in [0.3, 0.4) is 0 Å². The first-order chi connectivity index (χ1) is 14.6. The van der Waals surface area contributed by atoms with E-state index in [-0.39, 0.29) is 11.6 Å². The van der Waals surface area contributed by atoms with Crippen LogP contribution in [-0.2, 0) is 30.6 Å². The number of Topliss-reactive ketones (excluding diaryl/α,β-unsaturated/α-hetero) is 2. The molecule has 0 N–H and O–H groups in total. The second-order valence-electron chi connectivity index (χ2n) is 8.83. The molecule has 2 heterocycles. The number of fused-ring (bicyclic) bond motifs is 1. The molecule has 1 saturated heterocycles. The minimum absolute atomic E-state index is 0.00996. The van der Waals surface area contributed by atoms with E-state index in [0.717, 1.165) is 69.3 Å². The molecule has 0 amide bonds. The number of carbonyl (C=O) groups excluding carboxylic acids is 2. The number of nitrogens with zero attached hydrogens (tertiary/aromatic N) is 3. The van der Waals surface area contributed by atoms with Gasteiger partial charge in [0.15, 0.2) is 11.6 Å². The maximum absolute atomic E-state index is 12.6. The molecule has 1 aromatic carbocycles. The standard InChI is InChI=1S/C25H33N3O2/c1-3-20-7-4-5-9-23(20)27-15-13-19(14-16-27)11-12-21(30)17-28-24-10-6-8-22(24)25(26-28)18(2)29/h4-5,7,9,19H,3,6,8,10-17H2,1-2H3. The quantitative estimate of drug-likeness (QED) is 0.609. The third-order valence-corrected chi connectivity index (χ3v) is 6.83. The summed E-state index contributed by atoms with van der Waals surface area (Å²) in [7, 11) is 0. The van der Waals surface area contributed by atoms with Gasteiger partial charge in [-0.25, -0.2) is 0 Å². The van der Waals surface area contributed by atoms with Gasteiger partial charge in [-0.05, 0) is 62.5 Å². The van der Waals surface area contributed by atoms with Crippen molar-refractivity contribution in [1.29, 1.82) is 0 Å². The summed E-state index contributed by atoms with van der Waals surface area (Å²) < 4.78 is 1.81. The van der Waals surface area contributed by atoms with Crippen molar-refractivity contribution in [1.82, 2.24) is 9.78 Å². The highest BCUT2D eigenvalue weighted by Gasteiger charge is 2.26. The lowest BCUT2D eigenvalue weighted by molar-refractivity contribution is -0.120. The second kappa shape index (κ2) is 9.15. The number of hydrogen-bond donors (Lipinski definition) is 0. The number of rotatable bonds is 8. The van der Waals surface area contributed by atoms with Gasteiger partial charge >= 0.3 is 0 Å². The predicted octanol–water partition coefficient (Wildman–Crippen LogP) is 4.40. The summed E-state index contributed by atoms with van der Waals surface area (Å²) in [6.07, 6.45) is 7.84. The van der Waals surface area contributed by atoms with Crippen molar-refractivity contribution in [2.45, 2.75) is 71.8 Å². The lowest BCUT2D eigenvalue weighted by Gasteiger charge is -2.34. The summed E-state index contributed by atoms with van der Waals surface area (Å²) in [4.78, 5) is 27.0. The van der Waals surface area contributed by atoms with Gasteiger partial charge in [0.25, 0.3) is 0 Å². The van der Waals surface area contributed by atoms with Gasteiger partial charge in [-0.15, -0.1) is 0 Å². The largest absolute Gasteiger partial charge is 0.371 e. The van der Waals surface area contributed by atoms with E-state index in [1.165, 1.54) is 11.3 Å². The van der Waals surface area contributed by atoms with E-state index in [4.69, 9.17) is 0 Å². The zero-order valence-corrected chi connectivity index (χ0v) is 18.3. The summed E-state index contributed by atoms with van der Waals surface area (Å²) in [5, 5.41) is 4.47. The molecule has 5 nitrogen and oxygen atoms in total. The average Bonchev–Trinajstić information content (AvgIpc) is 3.36. The molecule has 1 aliphatic heterocycles. The number of hydrogen-bond acceptors (Lipinski definition) is 4. The van der Waals surface area contributed by atoms with Crippen molar-refractivity contribution >= 4 is 17.3 Å². The molecule has 2 aromatic rings. The maximum atomic E-state index is 12.6. The highest BCUT2D eigenvalue weighted by Crippen LogP contribution is 2.29. The van der Waals surface area contributed by atoms with Crippen molar-refractivity contribution < 1.29 is 9.59 Å². The molecule has 0 unspecified atom stereocenters. The number of ketones is 2. The van der Waals surface area contributed by atoms with Crippen LogP contribution in [0.5, 0.6) is 0 Å². The Balaban J connectivity index is 1.28. The molecule has 0 radical (unpaired) electrons. The minimum Gasteiger partial charge on any atom is -0.371 e. The van der Waals surface area contributed by atoms with Crippen LogP contribution in [0.25, 0.3) is 0 Å². The number of benzene rings is 1. The summed E-state index contributed by atoms with van der Waals surface area (Å²) in [6, 6.07) is 8.71. The van der Waals surface area contributed by atoms with Crippen molar-refractivity contribution in [2.75, 3.05) is 18.0 Å². The fourth-order valence-electron chi connectivity index (χ4n) is 5.11. The van der Waals surface area contributed by atoms with Gasteiger partial charge in [0.2, 0.25) is 0 Å². The normalized spacial score (nSPS) is 16.7. The summed E-state index contributed by atoms with van der Waals surface area (Å²) >= 11 is 0. The Bertz CT molecular complexity index is 922. The Morgan fingerprint density at radius 3 is 2.63 bits per heavy atom. The number of carbonyl (C=O) groups is 2. The first kappa shape index (κ1) is 20.8. The van der Waals surface area contributed by atoms with Gasteiger partial charge in [-0.1, -0.05) is 25.1 Å². The van der Waals surface area contributed by atoms with Crippen molar-refractivity contribution in [3.05, 3.63) is 46.8 Å². The van der Waals surface area contributed by atoms with E-state index in [1.807, 2.05) is 4.68 Å². The zero-order chi connectivity index (χ0) is 21.1. The molecule has 30 heavy (non-hydrogen) atoms. The summed E-state index contributed by atoms with van der Waals surface area (Å²) in [5.74, 6) is 0.868. The van der Waals surface area contributed by atoms with Crippen LogP contribution in [0.4, 0.5) is 5.69 Å². The Labute approximate surface area is 179 Å².